The molecule has 7 nitrogen and oxygen atoms in total. The second kappa shape index (κ2) is 6.74. The Bertz CT molecular complexity index is 474. The molecular weight excluding hydrogens is 262 g/mol. The Morgan fingerprint density at radius 1 is 1.45 bits per heavy atom. The largest absolute Gasteiger partial charge is 0.459 e. The highest BCUT2D eigenvalue weighted by Crippen LogP contribution is 2.03. The quantitative estimate of drug-likeness (QED) is 0.694. The molecule has 0 saturated carbocycles. The minimum absolute atomic E-state index is 0.0150. The number of carbonyl (C=O) groups excluding carboxylic acids is 3. The molecule has 0 aromatic carbocycles. The fourth-order valence-electron chi connectivity index (χ4n) is 1.94. The molecule has 1 atom stereocenters. The van der Waals surface area contributed by atoms with Crippen molar-refractivity contribution < 1.29 is 18.8 Å². The van der Waals surface area contributed by atoms with Gasteiger partial charge in [0.15, 0.2) is 5.76 Å². The van der Waals surface area contributed by atoms with Crippen molar-refractivity contribution in [2.45, 2.75) is 25.3 Å². The molecule has 2 heterocycles. The molecule has 0 bridgehead atoms. The summed E-state index contributed by atoms with van der Waals surface area (Å²) in [5.74, 6) is -0.250. The van der Waals surface area contributed by atoms with Crippen molar-refractivity contribution >= 4 is 17.7 Å². The Balaban J connectivity index is 1.63. The Morgan fingerprint density at radius 3 is 2.95 bits per heavy atom. The number of rotatable bonds is 5. The van der Waals surface area contributed by atoms with Gasteiger partial charge in [0.1, 0.15) is 0 Å². The van der Waals surface area contributed by atoms with Crippen molar-refractivity contribution in [1.82, 2.24) is 16.0 Å². The predicted molar refractivity (Wildman–Crippen MR) is 69.8 cm³/mol. The average molecular weight is 279 g/mol. The van der Waals surface area contributed by atoms with Crippen LogP contribution in [-0.4, -0.2) is 36.9 Å². The van der Waals surface area contributed by atoms with E-state index in [1.807, 2.05) is 0 Å². The number of carbonyl (C=O) groups is 3. The summed E-state index contributed by atoms with van der Waals surface area (Å²) in [7, 11) is 0. The van der Waals surface area contributed by atoms with Crippen molar-refractivity contribution in [3.8, 4) is 0 Å². The van der Waals surface area contributed by atoms with Crippen LogP contribution in [0.4, 0.5) is 0 Å². The molecule has 3 amide bonds. The van der Waals surface area contributed by atoms with E-state index in [2.05, 4.69) is 16.0 Å². The lowest BCUT2D eigenvalue weighted by Crippen LogP contribution is -2.48. The zero-order valence-electron chi connectivity index (χ0n) is 11.0. The van der Waals surface area contributed by atoms with E-state index in [9.17, 15) is 14.4 Å². The number of furan rings is 1. The molecule has 108 valence electrons. The maximum Gasteiger partial charge on any atom is 0.286 e. The molecular formula is C13H17N3O4. The van der Waals surface area contributed by atoms with Crippen LogP contribution in [-0.2, 0) is 9.59 Å². The molecule has 0 aliphatic carbocycles. The molecule has 1 fully saturated rings. The normalized spacial score (nSPS) is 18.2. The van der Waals surface area contributed by atoms with Gasteiger partial charge in [0.05, 0.1) is 6.26 Å². The van der Waals surface area contributed by atoms with Gasteiger partial charge in [-0.3, -0.25) is 14.4 Å². The van der Waals surface area contributed by atoms with E-state index in [-0.39, 0.29) is 42.5 Å². The van der Waals surface area contributed by atoms with Crippen molar-refractivity contribution in [1.29, 1.82) is 0 Å². The maximum absolute atomic E-state index is 11.7. The van der Waals surface area contributed by atoms with Gasteiger partial charge in [0, 0.05) is 32.0 Å². The third-order valence-corrected chi connectivity index (χ3v) is 3.01. The zero-order valence-corrected chi connectivity index (χ0v) is 11.0. The molecule has 1 aromatic rings. The summed E-state index contributed by atoms with van der Waals surface area (Å²) in [6, 6.07) is 3.15. The lowest BCUT2D eigenvalue weighted by molar-refractivity contribution is -0.125. The molecule has 2 rings (SSSR count). The minimum Gasteiger partial charge on any atom is -0.459 e. The van der Waals surface area contributed by atoms with Gasteiger partial charge < -0.3 is 20.4 Å². The fraction of sp³-hybridized carbons (Fsp3) is 0.462. The molecule has 0 spiro atoms. The van der Waals surface area contributed by atoms with Gasteiger partial charge in [0.2, 0.25) is 11.8 Å². The lowest BCUT2D eigenvalue weighted by Gasteiger charge is -2.23. The first-order valence-corrected chi connectivity index (χ1v) is 6.53. The topological polar surface area (TPSA) is 100 Å². The Labute approximate surface area is 116 Å². The van der Waals surface area contributed by atoms with Gasteiger partial charge in [-0.25, -0.2) is 0 Å². The van der Waals surface area contributed by atoms with Crippen molar-refractivity contribution in [2.75, 3.05) is 13.1 Å². The smallest absolute Gasteiger partial charge is 0.286 e. The summed E-state index contributed by atoms with van der Waals surface area (Å²) in [6.07, 6.45) is 2.69. The third-order valence-electron chi connectivity index (χ3n) is 3.01. The summed E-state index contributed by atoms with van der Waals surface area (Å²) in [5.41, 5.74) is 0. The van der Waals surface area contributed by atoms with E-state index in [0.717, 1.165) is 0 Å². The van der Waals surface area contributed by atoms with Gasteiger partial charge in [-0.2, -0.15) is 0 Å². The number of hydrogen-bond donors (Lipinski definition) is 3. The first-order chi connectivity index (χ1) is 9.65. The van der Waals surface area contributed by atoms with Gasteiger partial charge >= 0.3 is 0 Å². The van der Waals surface area contributed by atoms with E-state index in [4.69, 9.17) is 4.42 Å². The third kappa shape index (κ3) is 4.11. The summed E-state index contributed by atoms with van der Waals surface area (Å²) < 4.78 is 4.93. The minimum atomic E-state index is -0.340. The van der Waals surface area contributed by atoms with Crippen LogP contribution in [0.25, 0.3) is 0 Å². The number of nitrogens with one attached hydrogen (secondary N) is 3. The van der Waals surface area contributed by atoms with Gasteiger partial charge in [-0.1, -0.05) is 0 Å². The maximum atomic E-state index is 11.7. The van der Waals surface area contributed by atoms with Crippen LogP contribution in [0.5, 0.6) is 0 Å². The fourth-order valence-corrected chi connectivity index (χ4v) is 1.94. The molecule has 7 heteroatoms. The molecule has 3 N–H and O–H groups in total. The standard InChI is InChI=1S/C13H17N3O4/c17-11-4-3-9(8-15-11)16-12(18)5-6-14-13(19)10-2-1-7-20-10/h1-2,7,9H,3-6,8H2,(H,14,19)(H,15,17)(H,16,18). The highest BCUT2D eigenvalue weighted by atomic mass is 16.3. The van der Waals surface area contributed by atoms with Crippen LogP contribution < -0.4 is 16.0 Å². The van der Waals surface area contributed by atoms with E-state index in [1.54, 1.807) is 12.1 Å². The van der Waals surface area contributed by atoms with Crippen molar-refractivity contribution in [3.05, 3.63) is 24.2 Å². The van der Waals surface area contributed by atoms with Crippen LogP contribution in [0.1, 0.15) is 29.8 Å². The van der Waals surface area contributed by atoms with Crippen LogP contribution in [0, 0.1) is 0 Å². The Morgan fingerprint density at radius 2 is 2.30 bits per heavy atom. The van der Waals surface area contributed by atoms with E-state index in [1.165, 1.54) is 6.26 Å². The van der Waals surface area contributed by atoms with Crippen molar-refractivity contribution in [2.24, 2.45) is 0 Å². The molecule has 1 aromatic heterocycles. The van der Waals surface area contributed by atoms with Gasteiger partial charge in [-0.05, 0) is 18.6 Å². The molecule has 1 aliphatic rings. The average Bonchev–Trinajstić information content (AvgIpc) is 2.95. The monoisotopic (exact) mass is 279 g/mol. The van der Waals surface area contributed by atoms with Crippen molar-refractivity contribution in [3.63, 3.8) is 0 Å². The highest BCUT2D eigenvalue weighted by molar-refractivity contribution is 5.91. The SMILES string of the molecule is O=C1CCC(NC(=O)CCNC(=O)c2ccco2)CN1. The molecule has 1 aliphatic heterocycles. The summed E-state index contributed by atoms with van der Waals surface area (Å²) in [4.78, 5) is 34.2. The first-order valence-electron chi connectivity index (χ1n) is 6.53. The lowest BCUT2D eigenvalue weighted by atomic mass is 10.1. The van der Waals surface area contributed by atoms with Gasteiger partial charge in [-0.15, -0.1) is 0 Å². The van der Waals surface area contributed by atoms with Crippen LogP contribution in [0.3, 0.4) is 0 Å². The summed E-state index contributed by atoms with van der Waals surface area (Å²) >= 11 is 0. The number of hydrogen-bond acceptors (Lipinski definition) is 4. The second-order valence-corrected chi connectivity index (χ2v) is 4.59. The number of piperidine rings is 1. The Hall–Kier alpha value is -2.31. The highest BCUT2D eigenvalue weighted by Gasteiger charge is 2.19. The number of amides is 3. The van der Waals surface area contributed by atoms with Crippen LogP contribution in [0.15, 0.2) is 22.8 Å². The summed E-state index contributed by atoms with van der Waals surface area (Å²) in [5, 5.41) is 8.11. The summed E-state index contributed by atoms with van der Waals surface area (Å²) in [6.45, 7) is 0.702. The molecule has 1 saturated heterocycles. The van der Waals surface area contributed by atoms with E-state index >= 15 is 0 Å². The van der Waals surface area contributed by atoms with E-state index in [0.29, 0.717) is 19.4 Å². The second-order valence-electron chi connectivity index (χ2n) is 4.59. The molecule has 20 heavy (non-hydrogen) atoms. The predicted octanol–water partition coefficient (Wildman–Crippen LogP) is -0.206. The van der Waals surface area contributed by atoms with Crippen LogP contribution in [0.2, 0.25) is 0 Å². The van der Waals surface area contributed by atoms with Crippen LogP contribution >= 0.6 is 0 Å². The zero-order chi connectivity index (χ0) is 14.4. The molecule has 1 unspecified atom stereocenters. The Kier molecular flexibility index (Phi) is 4.75. The molecule has 0 radical (unpaired) electrons. The first kappa shape index (κ1) is 14.1. The van der Waals surface area contributed by atoms with E-state index < -0.39 is 0 Å². The van der Waals surface area contributed by atoms with Gasteiger partial charge in [0.25, 0.3) is 5.91 Å².